The zero-order valence-electron chi connectivity index (χ0n) is 6.40. The maximum absolute atomic E-state index is 5.12. The largest absolute Gasteiger partial charge is 0.329 e. The maximum Gasteiger partial charge on any atom is 0.0187 e. The number of hydrogen-bond acceptors (Lipinski definition) is 2. The monoisotopic (exact) mass is 140 g/mol. The standard InChI is InChI=1S/C8H16N2/c1-3-4-5-6-7-8(2)10-9/h3,10H,1-2,4-7,9H2. The Bertz CT molecular complexity index is 108. The van der Waals surface area contributed by atoms with Gasteiger partial charge < -0.3 is 5.43 Å². The normalized spacial score (nSPS) is 8.90. The molecule has 0 rings (SSSR count). The molecule has 0 saturated carbocycles. The molecular formula is C8H16N2. The second-order valence-corrected chi connectivity index (χ2v) is 2.28. The third-order valence-corrected chi connectivity index (χ3v) is 1.34. The molecule has 0 spiro atoms. The van der Waals surface area contributed by atoms with E-state index < -0.39 is 0 Å². The number of allylic oxidation sites excluding steroid dienone is 2. The Labute approximate surface area is 62.8 Å². The van der Waals surface area contributed by atoms with Crippen LogP contribution in [0.5, 0.6) is 0 Å². The van der Waals surface area contributed by atoms with Gasteiger partial charge in [-0.1, -0.05) is 12.7 Å². The molecule has 0 radical (unpaired) electrons. The molecule has 2 heteroatoms. The van der Waals surface area contributed by atoms with Gasteiger partial charge in [-0.25, -0.2) is 0 Å². The summed E-state index contributed by atoms with van der Waals surface area (Å²) in [6.07, 6.45) is 6.28. The van der Waals surface area contributed by atoms with Gasteiger partial charge in [0.25, 0.3) is 0 Å². The fourth-order valence-corrected chi connectivity index (χ4v) is 0.699. The van der Waals surface area contributed by atoms with Crippen LogP contribution in [0.3, 0.4) is 0 Å². The van der Waals surface area contributed by atoms with Crippen molar-refractivity contribution in [2.75, 3.05) is 0 Å². The molecule has 2 nitrogen and oxygen atoms in total. The number of unbranched alkanes of at least 4 members (excludes halogenated alkanes) is 2. The number of nitrogens with one attached hydrogen (secondary N) is 1. The van der Waals surface area contributed by atoms with Gasteiger partial charge in [-0.3, -0.25) is 5.84 Å². The molecule has 0 aliphatic heterocycles. The molecule has 0 aliphatic rings. The zero-order valence-corrected chi connectivity index (χ0v) is 6.40. The van der Waals surface area contributed by atoms with Gasteiger partial charge in [0.05, 0.1) is 0 Å². The van der Waals surface area contributed by atoms with E-state index in [1.807, 2.05) is 6.08 Å². The van der Waals surface area contributed by atoms with Gasteiger partial charge >= 0.3 is 0 Å². The number of rotatable bonds is 6. The summed E-state index contributed by atoms with van der Waals surface area (Å²) in [6.45, 7) is 7.34. The summed E-state index contributed by atoms with van der Waals surface area (Å²) >= 11 is 0. The highest BCUT2D eigenvalue weighted by Crippen LogP contribution is 2.03. The molecule has 3 N–H and O–H groups in total. The molecule has 0 unspecified atom stereocenters. The minimum Gasteiger partial charge on any atom is -0.329 e. The van der Waals surface area contributed by atoms with Crippen molar-refractivity contribution in [3.8, 4) is 0 Å². The van der Waals surface area contributed by atoms with Crippen LogP contribution in [0.1, 0.15) is 25.7 Å². The Balaban J connectivity index is 3.03. The highest BCUT2D eigenvalue weighted by Gasteiger charge is 1.89. The van der Waals surface area contributed by atoms with Crippen LogP contribution in [0.2, 0.25) is 0 Å². The van der Waals surface area contributed by atoms with Gasteiger partial charge in [-0.2, -0.15) is 0 Å². The summed E-state index contributed by atoms with van der Waals surface area (Å²) in [5, 5.41) is 0. The smallest absolute Gasteiger partial charge is 0.0187 e. The van der Waals surface area contributed by atoms with Gasteiger partial charge in [-0.05, 0) is 25.7 Å². The molecule has 0 heterocycles. The van der Waals surface area contributed by atoms with E-state index in [-0.39, 0.29) is 0 Å². The van der Waals surface area contributed by atoms with E-state index in [1.54, 1.807) is 0 Å². The van der Waals surface area contributed by atoms with Crippen molar-refractivity contribution in [2.24, 2.45) is 5.84 Å². The quantitative estimate of drug-likeness (QED) is 0.255. The predicted octanol–water partition coefficient (Wildman–Crippen LogP) is 1.71. The molecule has 0 bridgehead atoms. The first kappa shape index (κ1) is 9.24. The van der Waals surface area contributed by atoms with Crippen molar-refractivity contribution in [1.29, 1.82) is 0 Å². The van der Waals surface area contributed by atoms with E-state index in [0.717, 1.165) is 25.0 Å². The van der Waals surface area contributed by atoms with Crippen LogP contribution in [0, 0.1) is 0 Å². The topological polar surface area (TPSA) is 38.0 Å². The highest BCUT2D eigenvalue weighted by atomic mass is 15.2. The van der Waals surface area contributed by atoms with Crippen LogP contribution in [-0.4, -0.2) is 0 Å². The Kier molecular flexibility index (Phi) is 5.88. The van der Waals surface area contributed by atoms with Gasteiger partial charge in [0, 0.05) is 5.70 Å². The maximum atomic E-state index is 5.12. The summed E-state index contributed by atoms with van der Waals surface area (Å²) in [5.74, 6) is 5.12. The van der Waals surface area contributed by atoms with E-state index in [4.69, 9.17) is 5.84 Å². The number of hydrogen-bond donors (Lipinski definition) is 2. The van der Waals surface area contributed by atoms with Crippen molar-refractivity contribution in [2.45, 2.75) is 25.7 Å². The van der Waals surface area contributed by atoms with Crippen molar-refractivity contribution in [1.82, 2.24) is 5.43 Å². The second kappa shape index (κ2) is 6.36. The summed E-state index contributed by atoms with van der Waals surface area (Å²) in [5.41, 5.74) is 3.43. The molecule has 10 heavy (non-hydrogen) atoms. The average molecular weight is 140 g/mol. The van der Waals surface area contributed by atoms with Crippen molar-refractivity contribution in [3.05, 3.63) is 24.9 Å². The van der Waals surface area contributed by atoms with E-state index in [2.05, 4.69) is 18.6 Å². The fourth-order valence-electron chi connectivity index (χ4n) is 0.699. The van der Waals surface area contributed by atoms with Crippen molar-refractivity contribution >= 4 is 0 Å². The molecule has 0 aromatic rings. The first-order valence-corrected chi connectivity index (χ1v) is 3.56. The first-order valence-electron chi connectivity index (χ1n) is 3.56. The van der Waals surface area contributed by atoms with Gasteiger partial charge in [0.15, 0.2) is 0 Å². The Morgan fingerprint density at radius 1 is 1.50 bits per heavy atom. The summed E-state index contributed by atoms with van der Waals surface area (Å²) < 4.78 is 0. The zero-order chi connectivity index (χ0) is 7.82. The minimum absolute atomic E-state index is 0.907. The molecule has 58 valence electrons. The lowest BCUT2D eigenvalue weighted by Gasteiger charge is -2.01. The third-order valence-electron chi connectivity index (χ3n) is 1.34. The van der Waals surface area contributed by atoms with E-state index >= 15 is 0 Å². The van der Waals surface area contributed by atoms with Gasteiger partial charge in [0.1, 0.15) is 0 Å². The molecule has 0 aliphatic carbocycles. The molecule has 0 aromatic heterocycles. The highest BCUT2D eigenvalue weighted by molar-refractivity contribution is 4.87. The van der Waals surface area contributed by atoms with Crippen LogP contribution >= 0.6 is 0 Å². The summed E-state index contributed by atoms with van der Waals surface area (Å²) in [7, 11) is 0. The minimum atomic E-state index is 0.907. The SMILES string of the molecule is C=CCCCCC(=C)NN. The van der Waals surface area contributed by atoms with Crippen LogP contribution in [-0.2, 0) is 0 Å². The summed E-state index contributed by atoms with van der Waals surface area (Å²) in [4.78, 5) is 0. The third kappa shape index (κ3) is 5.38. The molecular weight excluding hydrogens is 124 g/mol. The van der Waals surface area contributed by atoms with E-state index in [9.17, 15) is 0 Å². The molecule has 0 aromatic carbocycles. The van der Waals surface area contributed by atoms with Crippen LogP contribution in [0.4, 0.5) is 0 Å². The van der Waals surface area contributed by atoms with Crippen LogP contribution < -0.4 is 11.3 Å². The number of hydrazine groups is 1. The Hall–Kier alpha value is -0.760. The van der Waals surface area contributed by atoms with Crippen molar-refractivity contribution < 1.29 is 0 Å². The van der Waals surface area contributed by atoms with Gasteiger partial charge in [0.2, 0.25) is 0 Å². The lowest BCUT2D eigenvalue weighted by atomic mass is 10.2. The van der Waals surface area contributed by atoms with Crippen molar-refractivity contribution in [3.63, 3.8) is 0 Å². The molecule has 0 fully saturated rings. The Morgan fingerprint density at radius 3 is 2.70 bits per heavy atom. The molecule has 0 saturated heterocycles. The first-order chi connectivity index (χ1) is 4.81. The summed E-state index contributed by atoms with van der Waals surface area (Å²) in [6, 6.07) is 0. The van der Waals surface area contributed by atoms with E-state index in [1.165, 1.54) is 6.42 Å². The second-order valence-electron chi connectivity index (χ2n) is 2.28. The van der Waals surface area contributed by atoms with E-state index in [0.29, 0.717) is 0 Å². The molecule has 0 atom stereocenters. The predicted molar refractivity (Wildman–Crippen MR) is 45.1 cm³/mol. The average Bonchev–Trinajstić information content (AvgIpc) is 1.98. The Morgan fingerprint density at radius 2 is 2.20 bits per heavy atom. The number of nitrogens with two attached hydrogens (primary N) is 1. The van der Waals surface area contributed by atoms with Crippen LogP contribution in [0.25, 0.3) is 0 Å². The van der Waals surface area contributed by atoms with Crippen LogP contribution in [0.15, 0.2) is 24.9 Å². The lowest BCUT2D eigenvalue weighted by Crippen LogP contribution is -2.19. The van der Waals surface area contributed by atoms with Gasteiger partial charge in [-0.15, -0.1) is 6.58 Å². The fraction of sp³-hybridized carbons (Fsp3) is 0.500. The lowest BCUT2D eigenvalue weighted by molar-refractivity contribution is 0.699. The molecule has 0 amide bonds.